The molecule has 1 saturated heterocycles. The monoisotopic (exact) mass is 457 g/mol. The molecule has 0 saturated carbocycles. The Hall–Kier alpha value is -2.80. The molecule has 1 N–H and O–H groups in total. The zero-order valence-corrected chi connectivity index (χ0v) is 18.9. The quantitative estimate of drug-likeness (QED) is 0.610. The van der Waals surface area contributed by atoms with Crippen molar-refractivity contribution >= 4 is 17.2 Å². The van der Waals surface area contributed by atoms with Crippen LogP contribution in [0.1, 0.15) is 36.5 Å². The summed E-state index contributed by atoms with van der Waals surface area (Å²) in [6.45, 7) is 6.67. The molecule has 1 heterocycles. The van der Waals surface area contributed by atoms with Gasteiger partial charge in [0, 0.05) is 50.4 Å². The molecule has 0 unspecified atom stereocenters. The van der Waals surface area contributed by atoms with Crippen LogP contribution in [0, 0.1) is 0 Å². The van der Waals surface area contributed by atoms with Crippen LogP contribution in [0.15, 0.2) is 54.1 Å². The molecule has 4 nitrogen and oxygen atoms in total. The summed E-state index contributed by atoms with van der Waals surface area (Å²) in [5, 5.41) is 3.06. The summed E-state index contributed by atoms with van der Waals surface area (Å²) < 4.78 is 38.9. The summed E-state index contributed by atoms with van der Waals surface area (Å²) in [5.41, 5.74) is 4.35. The van der Waals surface area contributed by atoms with Gasteiger partial charge in [-0.2, -0.15) is 13.2 Å². The Morgan fingerprint density at radius 1 is 1.00 bits per heavy atom. The van der Waals surface area contributed by atoms with Gasteiger partial charge in [0.05, 0.1) is 5.56 Å². The van der Waals surface area contributed by atoms with E-state index in [1.54, 1.807) is 6.07 Å². The summed E-state index contributed by atoms with van der Waals surface area (Å²) in [6.07, 6.45) is -1.74. The van der Waals surface area contributed by atoms with Gasteiger partial charge in [0.25, 0.3) is 0 Å². The smallest absolute Gasteiger partial charge is 0.369 e. The molecule has 1 fully saturated rings. The highest BCUT2D eigenvalue weighted by Gasteiger charge is 2.31. The van der Waals surface area contributed by atoms with Crippen molar-refractivity contribution < 1.29 is 18.0 Å². The molecule has 33 heavy (non-hydrogen) atoms. The molecule has 7 heteroatoms. The molecule has 0 bridgehead atoms. The topological polar surface area (TPSA) is 35.6 Å². The molecule has 176 valence electrons. The highest BCUT2D eigenvalue weighted by Crippen LogP contribution is 2.33. The lowest BCUT2D eigenvalue weighted by Crippen LogP contribution is -2.46. The molecule has 2 aromatic carbocycles. The Bertz CT molecular complexity index is 1020. The molecule has 1 aliphatic carbocycles. The highest BCUT2D eigenvalue weighted by molar-refractivity contribution is 6.03. The van der Waals surface area contributed by atoms with Crippen molar-refractivity contribution in [3.05, 3.63) is 70.8 Å². The van der Waals surface area contributed by atoms with Crippen molar-refractivity contribution in [3.63, 3.8) is 0 Å². The van der Waals surface area contributed by atoms with E-state index in [-0.39, 0.29) is 5.91 Å². The van der Waals surface area contributed by atoms with Crippen LogP contribution < -0.4 is 10.2 Å². The van der Waals surface area contributed by atoms with E-state index >= 15 is 0 Å². The molecule has 0 aromatic heterocycles. The predicted molar refractivity (Wildman–Crippen MR) is 125 cm³/mol. The van der Waals surface area contributed by atoms with E-state index in [9.17, 15) is 18.0 Å². The zero-order valence-electron chi connectivity index (χ0n) is 18.9. The number of rotatable bonds is 7. The van der Waals surface area contributed by atoms with Gasteiger partial charge in [0.1, 0.15) is 0 Å². The minimum absolute atomic E-state index is 0.0263. The number of piperazine rings is 1. The fourth-order valence-corrected chi connectivity index (χ4v) is 4.65. The first-order chi connectivity index (χ1) is 15.8. The van der Waals surface area contributed by atoms with Crippen molar-refractivity contribution in [1.29, 1.82) is 0 Å². The van der Waals surface area contributed by atoms with Crippen LogP contribution in [0.5, 0.6) is 0 Å². The number of benzene rings is 2. The number of anilines is 1. The molecule has 0 spiro atoms. The molecule has 2 aliphatic rings. The largest absolute Gasteiger partial charge is 0.416 e. The molecule has 1 amide bonds. The molecule has 0 atom stereocenters. The number of allylic oxidation sites excluding steroid dienone is 1. The SMILES string of the molecule is CC1=C(C(=O)NCCCCN2CCN(c3cccc(C(F)(F)F)c3)CC2)Cc2ccccc21. The van der Waals surface area contributed by atoms with Gasteiger partial charge >= 0.3 is 6.18 Å². The number of unbranched alkanes of at least 4 members (excludes halogenated alkanes) is 1. The van der Waals surface area contributed by atoms with E-state index in [1.165, 1.54) is 23.3 Å². The lowest BCUT2D eigenvalue weighted by Gasteiger charge is -2.36. The summed E-state index contributed by atoms with van der Waals surface area (Å²) in [7, 11) is 0. The number of carbonyl (C=O) groups is 1. The second-order valence-electron chi connectivity index (χ2n) is 8.78. The third-order valence-corrected chi connectivity index (χ3v) is 6.61. The maximum atomic E-state index is 13.0. The van der Waals surface area contributed by atoms with Gasteiger partial charge in [-0.3, -0.25) is 9.69 Å². The number of nitrogens with one attached hydrogen (secondary N) is 1. The maximum Gasteiger partial charge on any atom is 0.416 e. The number of fused-ring (bicyclic) bond motifs is 1. The van der Waals surface area contributed by atoms with E-state index in [2.05, 4.69) is 22.3 Å². The first kappa shape index (κ1) is 23.4. The molecule has 1 aliphatic heterocycles. The van der Waals surface area contributed by atoms with Crippen LogP contribution in [0.4, 0.5) is 18.9 Å². The molecular weight excluding hydrogens is 427 g/mol. The number of alkyl halides is 3. The fourth-order valence-electron chi connectivity index (χ4n) is 4.65. The maximum absolute atomic E-state index is 13.0. The average Bonchev–Trinajstić information content (AvgIpc) is 3.15. The highest BCUT2D eigenvalue weighted by atomic mass is 19.4. The summed E-state index contributed by atoms with van der Waals surface area (Å²) in [4.78, 5) is 16.9. The van der Waals surface area contributed by atoms with Crippen molar-refractivity contribution in [2.75, 3.05) is 44.2 Å². The standard InChI is InChI=1S/C26H30F3N3O/c1-19-23-10-3-2-7-20(23)17-24(19)25(33)30-11-4-5-12-31-13-15-32(16-14-31)22-9-6-8-21(18-22)26(27,28)29/h2-3,6-10,18H,4-5,11-17H2,1H3,(H,30,33). The number of carbonyl (C=O) groups excluding carboxylic acids is 1. The Labute approximate surface area is 193 Å². The van der Waals surface area contributed by atoms with Gasteiger partial charge in [-0.15, -0.1) is 0 Å². The molecular formula is C26H30F3N3O. The summed E-state index contributed by atoms with van der Waals surface area (Å²) in [5.74, 6) is 0.0263. The number of amides is 1. The van der Waals surface area contributed by atoms with E-state index in [0.29, 0.717) is 31.7 Å². The second-order valence-corrected chi connectivity index (χ2v) is 8.78. The van der Waals surface area contributed by atoms with Gasteiger partial charge in [-0.05, 0) is 61.2 Å². The zero-order chi connectivity index (χ0) is 23.4. The van der Waals surface area contributed by atoms with Crippen molar-refractivity contribution in [2.24, 2.45) is 0 Å². The lowest BCUT2D eigenvalue weighted by molar-refractivity contribution is -0.137. The van der Waals surface area contributed by atoms with E-state index < -0.39 is 11.7 Å². The van der Waals surface area contributed by atoms with E-state index in [4.69, 9.17) is 0 Å². The van der Waals surface area contributed by atoms with Crippen molar-refractivity contribution in [2.45, 2.75) is 32.4 Å². The molecule has 2 aromatic rings. The first-order valence-corrected chi connectivity index (χ1v) is 11.5. The normalized spacial score (nSPS) is 16.8. The number of hydrogen-bond donors (Lipinski definition) is 1. The first-order valence-electron chi connectivity index (χ1n) is 11.5. The summed E-state index contributed by atoms with van der Waals surface area (Å²) >= 11 is 0. The average molecular weight is 458 g/mol. The Balaban J connectivity index is 1.15. The lowest BCUT2D eigenvalue weighted by atomic mass is 10.1. The van der Waals surface area contributed by atoms with Crippen LogP contribution in [0.3, 0.4) is 0 Å². The fraction of sp³-hybridized carbons (Fsp3) is 0.423. The van der Waals surface area contributed by atoms with Crippen molar-refractivity contribution in [3.8, 4) is 0 Å². The minimum Gasteiger partial charge on any atom is -0.369 e. The van der Waals surface area contributed by atoms with Crippen LogP contribution in [0.25, 0.3) is 5.57 Å². The van der Waals surface area contributed by atoms with E-state index in [1.807, 2.05) is 24.0 Å². The van der Waals surface area contributed by atoms with Crippen LogP contribution in [0.2, 0.25) is 0 Å². The molecule has 4 rings (SSSR count). The Kier molecular flexibility index (Phi) is 7.08. The third kappa shape index (κ3) is 5.58. The second kappa shape index (κ2) is 10.00. The van der Waals surface area contributed by atoms with E-state index in [0.717, 1.165) is 49.7 Å². The van der Waals surface area contributed by atoms with Gasteiger partial charge in [0.2, 0.25) is 5.91 Å². The number of halogens is 3. The van der Waals surface area contributed by atoms with Gasteiger partial charge in [-0.1, -0.05) is 30.3 Å². The van der Waals surface area contributed by atoms with Crippen LogP contribution in [-0.4, -0.2) is 50.1 Å². The summed E-state index contributed by atoms with van der Waals surface area (Å²) in [6, 6.07) is 13.7. The van der Waals surface area contributed by atoms with Gasteiger partial charge in [-0.25, -0.2) is 0 Å². The number of hydrogen-bond acceptors (Lipinski definition) is 3. The Morgan fingerprint density at radius 3 is 2.48 bits per heavy atom. The van der Waals surface area contributed by atoms with Crippen LogP contribution in [-0.2, 0) is 17.4 Å². The van der Waals surface area contributed by atoms with Crippen molar-refractivity contribution in [1.82, 2.24) is 10.2 Å². The van der Waals surface area contributed by atoms with Gasteiger partial charge < -0.3 is 10.2 Å². The number of nitrogens with zero attached hydrogens (tertiary/aromatic N) is 2. The van der Waals surface area contributed by atoms with Crippen LogP contribution >= 0.6 is 0 Å². The van der Waals surface area contributed by atoms with Gasteiger partial charge in [0.15, 0.2) is 0 Å². The minimum atomic E-state index is -4.32. The molecule has 0 radical (unpaired) electrons. The predicted octanol–water partition coefficient (Wildman–Crippen LogP) is 4.75. The Morgan fingerprint density at radius 2 is 1.76 bits per heavy atom. The third-order valence-electron chi connectivity index (χ3n) is 6.61.